The molecule has 0 atom stereocenters. The van der Waals surface area contributed by atoms with Crippen LogP contribution in [0, 0.1) is 0 Å². The van der Waals surface area contributed by atoms with Gasteiger partial charge in [0.2, 0.25) is 0 Å². The van der Waals surface area contributed by atoms with Gasteiger partial charge in [0.1, 0.15) is 10.9 Å². The van der Waals surface area contributed by atoms with Crippen LogP contribution in [0.25, 0.3) is 6.08 Å². The van der Waals surface area contributed by atoms with Crippen molar-refractivity contribution in [1.29, 1.82) is 0 Å². The number of allylic oxidation sites excluding steroid dienone is 2. The van der Waals surface area contributed by atoms with Gasteiger partial charge in [0, 0.05) is 11.1 Å². The van der Waals surface area contributed by atoms with E-state index in [2.05, 4.69) is 10.3 Å². The monoisotopic (exact) mass is 403 g/mol. The van der Waals surface area contributed by atoms with Gasteiger partial charge in [-0.3, -0.25) is 14.5 Å². The quantitative estimate of drug-likeness (QED) is 0.562. The zero-order valence-electron chi connectivity index (χ0n) is 13.3. The smallest absolute Gasteiger partial charge is 0.323 e. The molecule has 26 heavy (non-hydrogen) atoms. The van der Waals surface area contributed by atoms with Crippen LogP contribution in [0.4, 0.5) is 10.8 Å². The van der Waals surface area contributed by atoms with Crippen LogP contribution in [0.5, 0.6) is 0 Å². The number of carboxylic acid groups (broad SMARTS) is 1. The minimum absolute atomic E-state index is 0.250. The Bertz CT molecular complexity index is 906. The third-order valence-electron chi connectivity index (χ3n) is 3.23. The summed E-state index contributed by atoms with van der Waals surface area (Å²) >= 11 is 7.61. The summed E-state index contributed by atoms with van der Waals surface area (Å²) in [5, 5.41) is 14.7. The number of rotatable bonds is 6. The van der Waals surface area contributed by atoms with E-state index in [4.69, 9.17) is 17.3 Å². The first-order valence-corrected chi connectivity index (χ1v) is 9.55. The SMILES string of the molecule is O=C(O)CN1C(=O)/C(=C\C=C\c2csc(Nc3ccccc3)n2)SC1=S. The molecule has 1 fully saturated rings. The van der Waals surface area contributed by atoms with E-state index in [9.17, 15) is 9.59 Å². The number of thiazole rings is 1. The maximum Gasteiger partial charge on any atom is 0.323 e. The Labute approximate surface area is 163 Å². The van der Waals surface area contributed by atoms with E-state index in [0.717, 1.165) is 33.2 Å². The number of para-hydroxylation sites is 1. The summed E-state index contributed by atoms with van der Waals surface area (Å²) in [5.41, 5.74) is 1.71. The average molecular weight is 404 g/mol. The number of thiocarbonyl (C=S) groups is 1. The number of nitrogens with one attached hydrogen (secondary N) is 1. The third kappa shape index (κ3) is 4.57. The topological polar surface area (TPSA) is 82.5 Å². The molecule has 1 aliphatic heterocycles. The predicted molar refractivity (Wildman–Crippen MR) is 108 cm³/mol. The second-order valence-electron chi connectivity index (χ2n) is 5.11. The van der Waals surface area contributed by atoms with Gasteiger partial charge in [-0.15, -0.1) is 11.3 Å². The Morgan fingerprint density at radius 3 is 2.85 bits per heavy atom. The number of nitrogens with zero attached hydrogens (tertiary/aromatic N) is 2. The van der Waals surface area contributed by atoms with E-state index < -0.39 is 18.4 Å². The van der Waals surface area contributed by atoms with E-state index in [-0.39, 0.29) is 4.32 Å². The summed E-state index contributed by atoms with van der Waals surface area (Å²) in [7, 11) is 0. The second kappa shape index (κ2) is 8.26. The number of amides is 1. The molecule has 2 N–H and O–H groups in total. The molecule has 2 aromatic rings. The Morgan fingerprint density at radius 1 is 1.35 bits per heavy atom. The van der Waals surface area contributed by atoms with E-state index >= 15 is 0 Å². The predicted octanol–water partition coefficient (Wildman–Crippen LogP) is 3.73. The summed E-state index contributed by atoms with van der Waals surface area (Å²) in [4.78, 5) is 28.8. The molecule has 0 bridgehead atoms. The fraction of sp³-hybridized carbons (Fsp3) is 0.0588. The summed E-state index contributed by atoms with van der Waals surface area (Å²) in [6.45, 7) is -0.424. The molecule has 132 valence electrons. The molecule has 1 amide bonds. The molecule has 0 radical (unpaired) electrons. The van der Waals surface area contributed by atoms with Gasteiger partial charge in [-0.2, -0.15) is 0 Å². The lowest BCUT2D eigenvalue weighted by Crippen LogP contribution is -2.33. The van der Waals surface area contributed by atoms with Gasteiger partial charge in [0.15, 0.2) is 5.13 Å². The molecule has 0 aliphatic carbocycles. The molecule has 9 heteroatoms. The first-order chi connectivity index (χ1) is 12.5. The molecule has 1 aliphatic rings. The van der Waals surface area contributed by atoms with Crippen molar-refractivity contribution in [1.82, 2.24) is 9.88 Å². The highest BCUT2D eigenvalue weighted by Crippen LogP contribution is 2.30. The first-order valence-electron chi connectivity index (χ1n) is 7.44. The lowest BCUT2D eigenvalue weighted by atomic mass is 10.3. The van der Waals surface area contributed by atoms with Gasteiger partial charge >= 0.3 is 5.97 Å². The van der Waals surface area contributed by atoms with E-state index in [1.165, 1.54) is 11.3 Å². The fourth-order valence-corrected chi connectivity index (χ4v) is 3.99. The lowest BCUT2D eigenvalue weighted by Gasteiger charge is -2.09. The molecule has 0 unspecified atom stereocenters. The number of aromatic nitrogens is 1. The summed E-state index contributed by atoms with van der Waals surface area (Å²) in [6, 6.07) is 9.74. The maximum absolute atomic E-state index is 12.1. The Balaban J connectivity index is 1.64. The normalized spacial score (nSPS) is 16.0. The number of hydrogen-bond donors (Lipinski definition) is 2. The molecule has 0 saturated carbocycles. The molecule has 0 spiro atoms. The Hall–Kier alpha value is -2.49. The van der Waals surface area contributed by atoms with Gasteiger partial charge in [0.25, 0.3) is 5.91 Å². The molecule has 1 aromatic carbocycles. The largest absolute Gasteiger partial charge is 0.480 e. The fourth-order valence-electron chi connectivity index (χ4n) is 2.08. The van der Waals surface area contributed by atoms with Crippen molar-refractivity contribution in [3.05, 3.63) is 58.5 Å². The van der Waals surface area contributed by atoms with E-state index in [1.54, 1.807) is 18.2 Å². The van der Waals surface area contributed by atoms with Crippen molar-refractivity contribution < 1.29 is 14.7 Å². The maximum atomic E-state index is 12.1. The summed E-state index contributed by atoms with van der Waals surface area (Å²) in [6.07, 6.45) is 5.09. The van der Waals surface area contributed by atoms with Crippen LogP contribution >= 0.6 is 35.3 Å². The number of anilines is 2. The molecule has 6 nitrogen and oxygen atoms in total. The number of carbonyl (C=O) groups is 2. The minimum Gasteiger partial charge on any atom is -0.480 e. The molecule has 3 rings (SSSR count). The Kier molecular flexibility index (Phi) is 5.82. The minimum atomic E-state index is -1.10. The number of thioether (sulfide) groups is 1. The molecule has 1 aromatic heterocycles. The molecule has 1 saturated heterocycles. The summed E-state index contributed by atoms with van der Waals surface area (Å²) < 4.78 is 0.250. The number of carbonyl (C=O) groups excluding carboxylic acids is 1. The zero-order chi connectivity index (χ0) is 18.5. The van der Waals surface area contributed by atoms with Crippen molar-refractivity contribution >= 4 is 68.4 Å². The van der Waals surface area contributed by atoms with Crippen molar-refractivity contribution in [2.75, 3.05) is 11.9 Å². The van der Waals surface area contributed by atoms with Crippen molar-refractivity contribution in [3.63, 3.8) is 0 Å². The van der Waals surface area contributed by atoms with E-state index in [1.807, 2.05) is 35.7 Å². The number of aliphatic carboxylic acids is 1. The van der Waals surface area contributed by atoms with Gasteiger partial charge in [-0.25, -0.2) is 4.98 Å². The Morgan fingerprint density at radius 2 is 2.12 bits per heavy atom. The molecular weight excluding hydrogens is 390 g/mol. The van der Waals surface area contributed by atoms with Gasteiger partial charge in [-0.1, -0.05) is 48.3 Å². The van der Waals surface area contributed by atoms with Crippen molar-refractivity contribution in [3.8, 4) is 0 Å². The summed E-state index contributed by atoms with van der Waals surface area (Å²) in [5.74, 6) is -1.49. The highest BCUT2D eigenvalue weighted by atomic mass is 32.2. The van der Waals surface area contributed by atoms with Crippen LogP contribution in [-0.2, 0) is 9.59 Å². The third-order valence-corrected chi connectivity index (χ3v) is 5.40. The van der Waals surface area contributed by atoms with Crippen LogP contribution in [-0.4, -0.2) is 37.7 Å². The number of benzene rings is 1. The van der Waals surface area contributed by atoms with Gasteiger partial charge in [0.05, 0.1) is 10.6 Å². The van der Waals surface area contributed by atoms with Crippen molar-refractivity contribution in [2.45, 2.75) is 0 Å². The molecular formula is C17H13N3O3S3. The highest BCUT2D eigenvalue weighted by Gasteiger charge is 2.32. The van der Waals surface area contributed by atoms with Crippen LogP contribution in [0.3, 0.4) is 0 Å². The van der Waals surface area contributed by atoms with Crippen molar-refractivity contribution in [2.24, 2.45) is 0 Å². The van der Waals surface area contributed by atoms with Crippen LogP contribution in [0.1, 0.15) is 5.69 Å². The average Bonchev–Trinajstić information content (AvgIpc) is 3.15. The van der Waals surface area contributed by atoms with E-state index in [0.29, 0.717) is 4.91 Å². The van der Waals surface area contributed by atoms with Gasteiger partial charge < -0.3 is 10.4 Å². The lowest BCUT2D eigenvalue weighted by molar-refractivity contribution is -0.140. The van der Waals surface area contributed by atoms with Crippen LogP contribution < -0.4 is 5.32 Å². The molecule has 2 heterocycles. The highest BCUT2D eigenvalue weighted by molar-refractivity contribution is 8.26. The van der Waals surface area contributed by atoms with Gasteiger partial charge in [-0.05, 0) is 24.3 Å². The van der Waals surface area contributed by atoms with Crippen LogP contribution in [0.15, 0.2) is 52.8 Å². The standard InChI is InChI=1S/C17H13N3O3S3/c21-14(22)9-20-15(23)13(26-17(20)24)8-4-7-12-10-25-16(19-12)18-11-5-2-1-3-6-11/h1-8,10H,9H2,(H,18,19)(H,21,22)/b7-4+,13-8+. The number of carboxylic acids is 1. The first kappa shape index (κ1) is 18.3. The number of hydrogen-bond acceptors (Lipinski definition) is 7. The van der Waals surface area contributed by atoms with Crippen LogP contribution in [0.2, 0.25) is 0 Å². The second-order valence-corrected chi connectivity index (χ2v) is 7.65. The zero-order valence-corrected chi connectivity index (χ0v) is 15.7.